The van der Waals surface area contributed by atoms with Gasteiger partial charge in [-0.3, -0.25) is 14.6 Å². The molecule has 0 bridgehead atoms. The van der Waals surface area contributed by atoms with Gasteiger partial charge in [-0.1, -0.05) is 17.2 Å². The van der Waals surface area contributed by atoms with E-state index in [1.807, 2.05) is 0 Å². The van der Waals surface area contributed by atoms with Gasteiger partial charge in [0.25, 0.3) is 5.91 Å². The van der Waals surface area contributed by atoms with E-state index in [4.69, 9.17) is 18.3 Å². The molecule has 23 heavy (non-hydrogen) atoms. The molecule has 2 heterocycles. The first kappa shape index (κ1) is 16.8. The van der Waals surface area contributed by atoms with Gasteiger partial charge in [0.15, 0.2) is 11.0 Å². The Morgan fingerprint density at radius 1 is 1.35 bits per heavy atom. The van der Waals surface area contributed by atoms with Crippen LogP contribution in [0.15, 0.2) is 23.6 Å². The number of hydrogen-bond donors (Lipinski definition) is 2. The normalized spacial score (nSPS) is 10.2. The van der Waals surface area contributed by atoms with E-state index in [1.165, 1.54) is 31.1 Å². The van der Waals surface area contributed by atoms with Gasteiger partial charge in [0.1, 0.15) is 13.4 Å². The van der Waals surface area contributed by atoms with Crippen molar-refractivity contribution in [3.63, 3.8) is 0 Å². The molecular weight excluding hydrogens is 317 g/mol. The maximum absolute atomic E-state index is 11.7. The van der Waals surface area contributed by atoms with Gasteiger partial charge in [-0.2, -0.15) is 4.98 Å². The number of thioether (sulfide) groups is 1. The number of nitrogens with zero attached hydrogens (tertiary/aromatic N) is 3. The van der Waals surface area contributed by atoms with Crippen molar-refractivity contribution in [3.8, 4) is 5.88 Å². The number of amides is 1. The number of nitrogens with two attached hydrogens (primary N) is 1. The van der Waals surface area contributed by atoms with Gasteiger partial charge in [0.2, 0.25) is 5.88 Å². The predicted molar refractivity (Wildman–Crippen MR) is 86.5 cm³/mol. The van der Waals surface area contributed by atoms with E-state index in [2.05, 4.69) is 20.3 Å². The standard InChI is InChI=1S/C13H12BN5O3S/c1-6(20)22-12-9(10(15)21)11(18-13(19-12)23-2)17-8-3-7(14)4-16-5-8/h3-5H,1-2H3,(H2,15,21)(H,17,18,19). The molecule has 1 amide bonds. The zero-order valence-electron chi connectivity index (χ0n) is 12.4. The molecule has 0 aliphatic heterocycles. The summed E-state index contributed by atoms with van der Waals surface area (Å²) in [6.07, 6.45) is 4.70. The van der Waals surface area contributed by atoms with Crippen LogP contribution in [0.5, 0.6) is 5.88 Å². The lowest BCUT2D eigenvalue weighted by Crippen LogP contribution is -2.19. The van der Waals surface area contributed by atoms with Crippen molar-refractivity contribution in [2.24, 2.45) is 5.73 Å². The van der Waals surface area contributed by atoms with Crippen LogP contribution >= 0.6 is 11.8 Å². The molecule has 0 spiro atoms. The quantitative estimate of drug-likeness (QED) is 0.344. The Kier molecular flexibility index (Phi) is 5.17. The van der Waals surface area contributed by atoms with E-state index in [1.54, 1.807) is 12.3 Å². The van der Waals surface area contributed by atoms with Gasteiger partial charge in [-0.25, -0.2) is 4.98 Å². The maximum atomic E-state index is 11.7. The highest BCUT2D eigenvalue weighted by Crippen LogP contribution is 2.28. The highest BCUT2D eigenvalue weighted by molar-refractivity contribution is 7.98. The fourth-order valence-electron chi connectivity index (χ4n) is 1.70. The monoisotopic (exact) mass is 329 g/mol. The molecular formula is C13H12BN5O3S. The number of hydrogen-bond acceptors (Lipinski definition) is 8. The van der Waals surface area contributed by atoms with Crippen molar-refractivity contribution in [1.82, 2.24) is 15.0 Å². The SMILES string of the molecule is [B]c1cncc(Nc2nc(SC)nc(OC(C)=O)c2C(N)=O)c1. The Balaban J connectivity index is 2.55. The number of pyridine rings is 1. The number of anilines is 2. The summed E-state index contributed by atoms with van der Waals surface area (Å²) >= 11 is 1.21. The first-order chi connectivity index (χ1) is 10.9. The van der Waals surface area contributed by atoms with Crippen molar-refractivity contribution >= 4 is 48.5 Å². The highest BCUT2D eigenvalue weighted by atomic mass is 32.2. The van der Waals surface area contributed by atoms with E-state index >= 15 is 0 Å². The number of esters is 1. The van der Waals surface area contributed by atoms with E-state index in [9.17, 15) is 9.59 Å². The number of rotatable bonds is 5. The van der Waals surface area contributed by atoms with E-state index in [0.717, 1.165) is 0 Å². The van der Waals surface area contributed by atoms with Crippen molar-refractivity contribution in [1.29, 1.82) is 0 Å². The Hall–Kier alpha value is -2.62. The van der Waals surface area contributed by atoms with Gasteiger partial charge in [0.05, 0.1) is 11.9 Å². The summed E-state index contributed by atoms with van der Waals surface area (Å²) in [5, 5.41) is 3.18. The third kappa shape index (κ3) is 4.19. The van der Waals surface area contributed by atoms with E-state index in [0.29, 0.717) is 16.3 Å². The molecule has 0 unspecified atom stereocenters. The number of ether oxygens (including phenoxy) is 1. The highest BCUT2D eigenvalue weighted by Gasteiger charge is 2.22. The molecule has 10 heteroatoms. The smallest absolute Gasteiger partial charge is 0.309 e. The van der Waals surface area contributed by atoms with Gasteiger partial charge in [-0.05, 0) is 12.3 Å². The fraction of sp³-hybridized carbons (Fsp3) is 0.154. The summed E-state index contributed by atoms with van der Waals surface area (Å²) in [7, 11) is 5.66. The van der Waals surface area contributed by atoms with Crippen LogP contribution in [0.2, 0.25) is 0 Å². The molecule has 2 radical (unpaired) electrons. The lowest BCUT2D eigenvalue weighted by atomic mass is 9.99. The van der Waals surface area contributed by atoms with Gasteiger partial charge in [0, 0.05) is 13.1 Å². The first-order valence-corrected chi connectivity index (χ1v) is 7.55. The van der Waals surface area contributed by atoms with Crippen LogP contribution in [0.3, 0.4) is 0 Å². The van der Waals surface area contributed by atoms with Crippen molar-refractivity contribution in [2.45, 2.75) is 12.1 Å². The topological polar surface area (TPSA) is 120 Å². The minimum absolute atomic E-state index is 0.0977. The summed E-state index contributed by atoms with van der Waals surface area (Å²) in [5.41, 5.74) is 6.15. The van der Waals surface area contributed by atoms with E-state index < -0.39 is 11.9 Å². The number of nitrogens with one attached hydrogen (secondary N) is 1. The van der Waals surface area contributed by atoms with Crippen LogP contribution in [-0.4, -0.2) is 40.9 Å². The average molecular weight is 329 g/mol. The van der Waals surface area contributed by atoms with Gasteiger partial charge >= 0.3 is 5.97 Å². The Morgan fingerprint density at radius 3 is 2.65 bits per heavy atom. The van der Waals surface area contributed by atoms with Crippen molar-refractivity contribution in [2.75, 3.05) is 11.6 Å². The molecule has 0 saturated carbocycles. The van der Waals surface area contributed by atoms with Gasteiger partial charge in [-0.15, -0.1) is 0 Å². The summed E-state index contributed by atoms with van der Waals surface area (Å²) in [4.78, 5) is 35.1. The minimum Gasteiger partial charge on any atom is -0.407 e. The summed E-state index contributed by atoms with van der Waals surface area (Å²) in [5.74, 6) is -1.58. The molecule has 0 saturated heterocycles. The molecule has 0 aromatic carbocycles. The fourth-order valence-corrected chi connectivity index (χ4v) is 2.05. The maximum Gasteiger partial charge on any atom is 0.309 e. The molecule has 0 atom stereocenters. The van der Waals surface area contributed by atoms with Crippen LogP contribution in [0.1, 0.15) is 17.3 Å². The third-order valence-corrected chi connectivity index (χ3v) is 3.09. The van der Waals surface area contributed by atoms with Crippen molar-refractivity contribution in [3.05, 3.63) is 24.0 Å². The second kappa shape index (κ2) is 7.10. The zero-order chi connectivity index (χ0) is 17.0. The summed E-state index contributed by atoms with van der Waals surface area (Å²) in [6, 6.07) is 1.60. The molecule has 0 aliphatic rings. The lowest BCUT2D eigenvalue weighted by Gasteiger charge is -2.13. The molecule has 0 aliphatic carbocycles. The molecule has 0 fully saturated rings. The van der Waals surface area contributed by atoms with Crippen LogP contribution in [0.25, 0.3) is 0 Å². The number of aromatic nitrogens is 3. The number of primary amides is 1. The molecule has 3 N–H and O–H groups in total. The molecule has 116 valence electrons. The van der Waals surface area contributed by atoms with Crippen molar-refractivity contribution < 1.29 is 14.3 Å². The van der Waals surface area contributed by atoms with Crippen LogP contribution < -0.4 is 21.3 Å². The summed E-state index contributed by atoms with van der Waals surface area (Å²) < 4.78 is 4.97. The Bertz CT molecular complexity index is 771. The van der Waals surface area contributed by atoms with E-state index in [-0.39, 0.29) is 17.3 Å². The average Bonchev–Trinajstić information content (AvgIpc) is 2.45. The second-order valence-corrected chi connectivity index (χ2v) is 5.10. The third-order valence-electron chi connectivity index (χ3n) is 2.55. The largest absolute Gasteiger partial charge is 0.407 e. The van der Waals surface area contributed by atoms with Crippen LogP contribution in [0, 0.1) is 0 Å². The van der Waals surface area contributed by atoms with Crippen LogP contribution in [-0.2, 0) is 4.79 Å². The van der Waals surface area contributed by atoms with Crippen LogP contribution in [0.4, 0.5) is 11.5 Å². The molecule has 2 rings (SSSR count). The molecule has 8 nitrogen and oxygen atoms in total. The summed E-state index contributed by atoms with van der Waals surface area (Å²) in [6.45, 7) is 1.20. The first-order valence-electron chi connectivity index (χ1n) is 6.32. The number of carbonyl (C=O) groups excluding carboxylic acids is 2. The Labute approximate surface area is 137 Å². The lowest BCUT2D eigenvalue weighted by molar-refractivity contribution is -0.132. The second-order valence-electron chi connectivity index (χ2n) is 4.33. The zero-order valence-corrected chi connectivity index (χ0v) is 13.2. The Morgan fingerprint density at radius 2 is 2.09 bits per heavy atom. The van der Waals surface area contributed by atoms with Gasteiger partial charge < -0.3 is 15.8 Å². The number of carbonyl (C=O) groups is 2. The molecule has 2 aromatic heterocycles. The minimum atomic E-state index is -0.840. The molecule has 2 aromatic rings. The predicted octanol–water partition coefficient (Wildman–Crippen LogP) is 0.155.